The number of ether oxygens (including phenoxy) is 1. The van der Waals surface area contributed by atoms with E-state index in [-0.39, 0.29) is 29.3 Å². The van der Waals surface area contributed by atoms with Gasteiger partial charge in [0, 0.05) is 29.3 Å². The Bertz CT molecular complexity index is 1120. The van der Waals surface area contributed by atoms with Crippen LogP contribution in [0.2, 0.25) is 0 Å². The van der Waals surface area contributed by atoms with Crippen LogP contribution in [-0.4, -0.2) is 40.4 Å². The lowest BCUT2D eigenvalue weighted by Gasteiger charge is -2.39. The Balaban J connectivity index is 2.11. The first-order valence-corrected chi connectivity index (χ1v) is 9.84. The first-order chi connectivity index (χ1) is 13.7. The molecular weight excluding hydrogens is 366 g/mol. The van der Waals surface area contributed by atoms with E-state index < -0.39 is 0 Å². The van der Waals surface area contributed by atoms with Gasteiger partial charge in [0.2, 0.25) is 0 Å². The number of nitrogens with zero attached hydrogens (tertiary/aromatic N) is 1. The summed E-state index contributed by atoms with van der Waals surface area (Å²) in [5.41, 5.74) is 4.32. The summed E-state index contributed by atoms with van der Waals surface area (Å²) in [7, 11) is 3.63. The molecule has 3 N–H and O–H groups in total. The summed E-state index contributed by atoms with van der Waals surface area (Å²) in [6, 6.07) is 9.06. The molecule has 0 bridgehead atoms. The molecule has 0 amide bonds. The topological polar surface area (TPSA) is 73.2 Å². The molecule has 2 atom stereocenters. The molecule has 4 rings (SSSR count). The van der Waals surface area contributed by atoms with Crippen LogP contribution < -0.4 is 4.74 Å². The fourth-order valence-electron chi connectivity index (χ4n) is 4.67. The number of phenolic OH excluding ortho intramolecular Hbond substituents is 3. The third-order valence-electron chi connectivity index (χ3n) is 6.35. The van der Waals surface area contributed by atoms with Crippen molar-refractivity contribution in [3.63, 3.8) is 0 Å². The van der Waals surface area contributed by atoms with E-state index in [4.69, 9.17) is 4.74 Å². The minimum atomic E-state index is 0.0211. The Morgan fingerprint density at radius 2 is 1.72 bits per heavy atom. The molecule has 0 radical (unpaired) electrons. The van der Waals surface area contributed by atoms with Gasteiger partial charge < -0.3 is 20.1 Å². The molecule has 0 saturated carbocycles. The van der Waals surface area contributed by atoms with Crippen molar-refractivity contribution in [2.45, 2.75) is 39.3 Å². The van der Waals surface area contributed by atoms with Gasteiger partial charge in [-0.2, -0.15) is 0 Å². The van der Waals surface area contributed by atoms with Gasteiger partial charge in [-0.15, -0.1) is 0 Å². The zero-order valence-corrected chi connectivity index (χ0v) is 17.4. The highest BCUT2D eigenvalue weighted by atomic mass is 16.5. The summed E-state index contributed by atoms with van der Waals surface area (Å²) >= 11 is 0. The predicted octanol–water partition coefficient (Wildman–Crippen LogP) is 4.88. The third kappa shape index (κ3) is 2.88. The second-order valence-corrected chi connectivity index (χ2v) is 8.10. The maximum absolute atomic E-state index is 10.9. The summed E-state index contributed by atoms with van der Waals surface area (Å²) in [4.78, 5) is 2.23. The zero-order chi connectivity index (χ0) is 21.0. The van der Waals surface area contributed by atoms with E-state index in [2.05, 4.69) is 25.8 Å². The second kappa shape index (κ2) is 6.85. The molecule has 29 heavy (non-hydrogen) atoms. The number of aromatic hydroxyl groups is 3. The van der Waals surface area contributed by atoms with E-state index >= 15 is 0 Å². The quantitative estimate of drug-likeness (QED) is 0.579. The van der Waals surface area contributed by atoms with Gasteiger partial charge in [-0.05, 0) is 74.5 Å². The van der Waals surface area contributed by atoms with Crippen LogP contribution in [0.4, 0.5) is 0 Å². The van der Waals surface area contributed by atoms with Crippen molar-refractivity contribution < 1.29 is 20.1 Å². The SMILES string of the molecule is COc1cc(C)cc2c(-c3c(O)cc(O)c4c3C[C@@H](C)N(C)[C@H]4C)ccc(O)c12. The van der Waals surface area contributed by atoms with Gasteiger partial charge in [0.05, 0.1) is 12.5 Å². The highest BCUT2D eigenvalue weighted by Crippen LogP contribution is 2.49. The lowest BCUT2D eigenvalue weighted by Crippen LogP contribution is -2.38. The molecule has 5 heteroatoms. The highest BCUT2D eigenvalue weighted by Gasteiger charge is 2.33. The van der Waals surface area contributed by atoms with Crippen LogP contribution in [0, 0.1) is 6.92 Å². The number of methoxy groups -OCH3 is 1. The van der Waals surface area contributed by atoms with Crippen LogP contribution in [0.25, 0.3) is 21.9 Å². The summed E-state index contributed by atoms with van der Waals surface area (Å²) in [6.07, 6.45) is 0.707. The molecule has 1 aliphatic heterocycles. The van der Waals surface area contributed by atoms with Gasteiger partial charge in [-0.1, -0.05) is 6.07 Å². The molecule has 1 aliphatic rings. The molecular formula is C24H27NO4. The van der Waals surface area contributed by atoms with E-state index in [1.165, 1.54) is 6.07 Å². The minimum Gasteiger partial charge on any atom is -0.507 e. The molecule has 0 spiro atoms. The molecule has 0 aliphatic carbocycles. The van der Waals surface area contributed by atoms with Gasteiger partial charge in [-0.3, -0.25) is 4.90 Å². The Labute approximate surface area is 170 Å². The predicted molar refractivity (Wildman–Crippen MR) is 115 cm³/mol. The number of aryl methyl sites for hydroxylation is 1. The number of rotatable bonds is 2. The van der Waals surface area contributed by atoms with Crippen LogP contribution in [-0.2, 0) is 6.42 Å². The highest BCUT2D eigenvalue weighted by molar-refractivity contribution is 6.05. The smallest absolute Gasteiger partial charge is 0.130 e. The standard InChI is InChI=1S/C24H27NO4/c1-12-8-16-15(6-7-18(26)24(16)21(9-12)29-5)23-17-10-13(2)25(4)14(3)22(17)19(27)11-20(23)28/h6-9,11,13-14,26-28H,10H2,1-5H3/t13-,14+/m1/s1. The second-order valence-electron chi connectivity index (χ2n) is 8.10. The molecule has 1 heterocycles. The maximum Gasteiger partial charge on any atom is 0.130 e. The number of benzene rings is 3. The molecule has 0 unspecified atom stereocenters. The van der Waals surface area contributed by atoms with Crippen molar-refractivity contribution in [1.29, 1.82) is 0 Å². The zero-order valence-electron chi connectivity index (χ0n) is 17.4. The molecule has 5 nitrogen and oxygen atoms in total. The van der Waals surface area contributed by atoms with E-state index in [1.807, 2.05) is 25.1 Å². The average molecular weight is 393 g/mol. The van der Waals surface area contributed by atoms with Gasteiger partial charge in [0.1, 0.15) is 23.0 Å². The van der Waals surface area contributed by atoms with Crippen LogP contribution >= 0.6 is 0 Å². The molecule has 0 fully saturated rings. The Hall–Kier alpha value is -2.92. The van der Waals surface area contributed by atoms with Crippen LogP contribution in [0.3, 0.4) is 0 Å². The van der Waals surface area contributed by atoms with Gasteiger partial charge in [-0.25, -0.2) is 0 Å². The summed E-state index contributed by atoms with van der Waals surface area (Å²) in [5, 5.41) is 33.5. The summed E-state index contributed by atoms with van der Waals surface area (Å²) < 4.78 is 5.52. The van der Waals surface area contributed by atoms with Crippen molar-refractivity contribution in [2.75, 3.05) is 14.2 Å². The Kier molecular flexibility index (Phi) is 4.58. The summed E-state index contributed by atoms with van der Waals surface area (Å²) in [6.45, 7) is 6.19. The fourth-order valence-corrected chi connectivity index (χ4v) is 4.67. The number of fused-ring (bicyclic) bond motifs is 2. The van der Waals surface area contributed by atoms with Gasteiger partial charge >= 0.3 is 0 Å². The Morgan fingerprint density at radius 3 is 2.41 bits per heavy atom. The minimum absolute atomic E-state index is 0.0211. The third-order valence-corrected chi connectivity index (χ3v) is 6.35. The van der Waals surface area contributed by atoms with Crippen molar-refractivity contribution in [3.8, 4) is 34.1 Å². The number of likely N-dealkylation sites (N-methyl/N-ethyl adjacent to an activating group) is 1. The number of hydrogen-bond acceptors (Lipinski definition) is 5. The van der Waals surface area contributed by atoms with Gasteiger partial charge in [0.25, 0.3) is 0 Å². The normalized spacial score (nSPS) is 19.3. The van der Waals surface area contributed by atoms with Crippen LogP contribution in [0.15, 0.2) is 30.3 Å². The van der Waals surface area contributed by atoms with Crippen molar-refractivity contribution in [2.24, 2.45) is 0 Å². The molecule has 3 aromatic carbocycles. The monoisotopic (exact) mass is 393 g/mol. The first kappa shape index (κ1) is 19.4. The average Bonchev–Trinajstić information content (AvgIpc) is 2.66. The first-order valence-electron chi connectivity index (χ1n) is 9.84. The summed E-state index contributed by atoms with van der Waals surface area (Å²) in [5.74, 6) is 0.879. The van der Waals surface area contributed by atoms with Crippen molar-refractivity contribution >= 4 is 10.8 Å². The number of phenols is 3. The maximum atomic E-state index is 10.9. The van der Waals surface area contributed by atoms with E-state index in [0.29, 0.717) is 23.1 Å². The Morgan fingerprint density at radius 1 is 1.00 bits per heavy atom. The number of hydrogen-bond donors (Lipinski definition) is 3. The fraction of sp³-hybridized carbons (Fsp3) is 0.333. The van der Waals surface area contributed by atoms with Crippen LogP contribution in [0.5, 0.6) is 23.0 Å². The van der Waals surface area contributed by atoms with Crippen LogP contribution in [0.1, 0.15) is 36.6 Å². The van der Waals surface area contributed by atoms with Crippen molar-refractivity contribution in [3.05, 3.63) is 47.0 Å². The van der Waals surface area contributed by atoms with E-state index in [0.717, 1.165) is 27.6 Å². The molecule has 0 aromatic heterocycles. The van der Waals surface area contributed by atoms with E-state index in [1.54, 1.807) is 13.2 Å². The van der Waals surface area contributed by atoms with Gasteiger partial charge in [0.15, 0.2) is 0 Å². The van der Waals surface area contributed by atoms with E-state index in [9.17, 15) is 15.3 Å². The lowest BCUT2D eigenvalue weighted by atomic mass is 9.82. The molecule has 0 saturated heterocycles. The van der Waals surface area contributed by atoms with Crippen molar-refractivity contribution in [1.82, 2.24) is 4.90 Å². The molecule has 3 aromatic rings. The molecule has 152 valence electrons. The lowest BCUT2D eigenvalue weighted by molar-refractivity contribution is 0.176. The largest absolute Gasteiger partial charge is 0.507 e.